The van der Waals surface area contributed by atoms with Gasteiger partial charge in [-0.2, -0.15) is 0 Å². The van der Waals surface area contributed by atoms with Gasteiger partial charge in [0.05, 0.1) is 4.90 Å². The quantitative estimate of drug-likeness (QED) is 0.650. The van der Waals surface area contributed by atoms with Gasteiger partial charge in [0.2, 0.25) is 10.0 Å². The second-order valence-corrected chi connectivity index (χ2v) is 8.53. The van der Waals surface area contributed by atoms with Gasteiger partial charge in [0.25, 0.3) is 5.91 Å². The first kappa shape index (κ1) is 22.9. The van der Waals surface area contributed by atoms with Crippen LogP contribution in [0.4, 0.5) is 0 Å². The minimum Gasteiger partial charge on any atom is -0.349 e. The van der Waals surface area contributed by atoms with E-state index in [0.717, 1.165) is 25.7 Å². The van der Waals surface area contributed by atoms with Gasteiger partial charge in [-0.05, 0) is 62.9 Å². The summed E-state index contributed by atoms with van der Waals surface area (Å²) in [4.78, 5) is 12.6. The Kier molecular flexibility index (Phi) is 9.03. The number of nitrogens with one attached hydrogen (secondary N) is 2. The Labute approximate surface area is 162 Å². The van der Waals surface area contributed by atoms with Gasteiger partial charge in [-0.3, -0.25) is 4.79 Å². The molecule has 0 radical (unpaired) electrons. The third-order valence-electron chi connectivity index (χ3n) is 4.92. The van der Waals surface area contributed by atoms with E-state index in [-0.39, 0.29) is 35.3 Å². The van der Waals surface area contributed by atoms with E-state index in [9.17, 15) is 13.2 Å². The summed E-state index contributed by atoms with van der Waals surface area (Å²) in [6.07, 6.45) is 4.95. The Morgan fingerprint density at radius 3 is 2.42 bits per heavy atom. The fourth-order valence-electron chi connectivity index (χ4n) is 3.13. The summed E-state index contributed by atoms with van der Waals surface area (Å²) in [6.45, 7) is 4.31. The van der Waals surface area contributed by atoms with Gasteiger partial charge >= 0.3 is 0 Å². The summed E-state index contributed by atoms with van der Waals surface area (Å²) in [5.74, 6) is 0.140. The van der Waals surface area contributed by atoms with E-state index in [1.165, 1.54) is 12.1 Å². The zero-order valence-electron chi connectivity index (χ0n) is 15.4. The maximum Gasteiger partial charge on any atom is 0.251 e. The van der Waals surface area contributed by atoms with Gasteiger partial charge in [-0.1, -0.05) is 19.8 Å². The van der Waals surface area contributed by atoms with Crippen LogP contribution in [0.15, 0.2) is 29.2 Å². The highest BCUT2D eigenvalue weighted by Gasteiger charge is 2.26. The average Bonchev–Trinajstić information content (AvgIpc) is 2.61. The third kappa shape index (κ3) is 5.94. The van der Waals surface area contributed by atoms with Crippen LogP contribution in [-0.4, -0.2) is 33.0 Å². The topological polar surface area (TPSA) is 101 Å². The maximum absolute atomic E-state index is 12.4. The van der Waals surface area contributed by atoms with Crippen LogP contribution in [-0.2, 0) is 10.0 Å². The number of carbonyl (C=O) groups excluding carboxylic acids is 1. The van der Waals surface area contributed by atoms with Crippen LogP contribution in [0.1, 0.15) is 56.3 Å². The molecule has 0 spiro atoms. The van der Waals surface area contributed by atoms with E-state index in [1.807, 2.05) is 13.8 Å². The van der Waals surface area contributed by atoms with Crippen LogP contribution in [0.2, 0.25) is 0 Å². The van der Waals surface area contributed by atoms with Crippen molar-refractivity contribution < 1.29 is 13.2 Å². The molecule has 1 aliphatic carbocycles. The SMILES string of the molecule is CCC(C)NS(=O)(=O)c1ccc(C(=O)NC2CCCCC2CN)cc1.Cl. The maximum atomic E-state index is 12.4. The summed E-state index contributed by atoms with van der Waals surface area (Å²) in [5.41, 5.74) is 6.26. The molecule has 6 nitrogen and oxygen atoms in total. The number of halogens is 1. The van der Waals surface area contributed by atoms with Crippen molar-refractivity contribution in [3.63, 3.8) is 0 Å². The second kappa shape index (κ2) is 10.3. The molecule has 1 saturated carbocycles. The highest BCUT2D eigenvalue weighted by atomic mass is 35.5. The van der Waals surface area contributed by atoms with Gasteiger partial charge in [0, 0.05) is 17.6 Å². The largest absolute Gasteiger partial charge is 0.349 e. The standard InChI is InChI=1S/C18H29N3O3S.ClH/c1-3-13(2)21-25(23,24)16-10-8-14(9-11-16)18(22)20-17-7-5-4-6-15(17)12-19;/h8-11,13,15,17,21H,3-7,12,19H2,1-2H3,(H,20,22);1H. The number of hydrogen-bond donors (Lipinski definition) is 3. The van der Waals surface area contributed by atoms with Crippen molar-refractivity contribution in [1.82, 2.24) is 10.0 Å². The summed E-state index contributed by atoms with van der Waals surface area (Å²) in [7, 11) is -3.55. The molecule has 3 unspecified atom stereocenters. The summed E-state index contributed by atoms with van der Waals surface area (Å²) >= 11 is 0. The molecule has 2 rings (SSSR count). The molecular weight excluding hydrogens is 374 g/mol. The smallest absolute Gasteiger partial charge is 0.251 e. The third-order valence-corrected chi connectivity index (χ3v) is 6.53. The second-order valence-electron chi connectivity index (χ2n) is 6.82. The van der Waals surface area contributed by atoms with E-state index in [2.05, 4.69) is 10.0 Å². The van der Waals surface area contributed by atoms with Crippen molar-refractivity contribution in [2.75, 3.05) is 6.54 Å². The van der Waals surface area contributed by atoms with Gasteiger partial charge in [0.1, 0.15) is 0 Å². The average molecular weight is 404 g/mol. The molecule has 3 atom stereocenters. The zero-order chi connectivity index (χ0) is 18.4. The van der Waals surface area contributed by atoms with Crippen molar-refractivity contribution in [2.24, 2.45) is 11.7 Å². The minimum atomic E-state index is -3.55. The monoisotopic (exact) mass is 403 g/mol. The number of amides is 1. The van der Waals surface area contributed by atoms with E-state index >= 15 is 0 Å². The van der Waals surface area contributed by atoms with Gasteiger partial charge < -0.3 is 11.1 Å². The fourth-order valence-corrected chi connectivity index (χ4v) is 4.46. The molecule has 1 amide bonds. The molecule has 0 saturated heterocycles. The molecule has 1 aliphatic rings. The summed E-state index contributed by atoms with van der Waals surface area (Å²) in [5, 5.41) is 3.05. The predicted molar refractivity (Wildman–Crippen MR) is 106 cm³/mol. The summed E-state index contributed by atoms with van der Waals surface area (Å²) in [6, 6.07) is 6.03. The number of nitrogens with two attached hydrogens (primary N) is 1. The number of carbonyl (C=O) groups is 1. The lowest BCUT2D eigenvalue weighted by Crippen LogP contribution is -2.44. The van der Waals surface area contributed by atoms with Crippen LogP contribution < -0.4 is 15.8 Å². The first-order valence-corrected chi connectivity index (χ1v) is 10.5. The molecule has 0 aliphatic heterocycles. The van der Waals surface area contributed by atoms with E-state index in [1.54, 1.807) is 12.1 Å². The molecule has 0 aromatic heterocycles. The number of rotatable bonds is 7. The molecule has 0 bridgehead atoms. The van der Waals surface area contributed by atoms with E-state index in [0.29, 0.717) is 24.4 Å². The van der Waals surface area contributed by atoms with Crippen molar-refractivity contribution in [2.45, 2.75) is 62.9 Å². The minimum absolute atomic E-state index is 0. The van der Waals surface area contributed by atoms with Crippen LogP contribution in [0.5, 0.6) is 0 Å². The molecule has 4 N–H and O–H groups in total. The van der Waals surface area contributed by atoms with Crippen LogP contribution in [0.25, 0.3) is 0 Å². The Balaban J connectivity index is 0.00000338. The van der Waals surface area contributed by atoms with Crippen LogP contribution in [0.3, 0.4) is 0 Å². The number of hydrogen-bond acceptors (Lipinski definition) is 4. The first-order valence-electron chi connectivity index (χ1n) is 9.00. The van der Waals surface area contributed by atoms with Gasteiger partial charge in [-0.25, -0.2) is 13.1 Å². The van der Waals surface area contributed by atoms with Crippen molar-refractivity contribution >= 4 is 28.3 Å². The Morgan fingerprint density at radius 1 is 1.23 bits per heavy atom. The lowest BCUT2D eigenvalue weighted by Gasteiger charge is -2.31. The predicted octanol–water partition coefficient (Wildman–Crippen LogP) is 2.43. The van der Waals surface area contributed by atoms with Crippen molar-refractivity contribution in [3.8, 4) is 0 Å². The molecular formula is C18H30ClN3O3S. The molecule has 26 heavy (non-hydrogen) atoms. The van der Waals surface area contributed by atoms with Crippen LogP contribution >= 0.6 is 12.4 Å². The first-order chi connectivity index (χ1) is 11.9. The molecule has 1 aromatic rings. The van der Waals surface area contributed by atoms with Crippen LogP contribution in [0, 0.1) is 5.92 Å². The highest BCUT2D eigenvalue weighted by molar-refractivity contribution is 7.89. The Bertz CT molecular complexity index is 679. The normalized spacial score (nSPS) is 21.5. The molecule has 1 aromatic carbocycles. The number of sulfonamides is 1. The van der Waals surface area contributed by atoms with Gasteiger partial charge in [-0.15, -0.1) is 12.4 Å². The summed E-state index contributed by atoms with van der Waals surface area (Å²) < 4.78 is 27.1. The van der Waals surface area contributed by atoms with E-state index < -0.39 is 10.0 Å². The van der Waals surface area contributed by atoms with Crippen molar-refractivity contribution in [3.05, 3.63) is 29.8 Å². The number of benzene rings is 1. The van der Waals surface area contributed by atoms with Crippen molar-refractivity contribution in [1.29, 1.82) is 0 Å². The highest BCUT2D eigenvalue weighted by Crippen LogP contribution is 2.24. The Morgan fingerprint density at radius 2 is 1.85 bits per heavy atom. The van der Waals surface area contributed by atoms with E-state index in [4.69, 9.17) is 5.73 Å². The van der Waals surface area contributed by atoms with Gasteiger partial charge in [0.15, 0.2) is 0 Å². The fraction of sp³-hybridized carbons (Fsp3) is 0.611. The lowest BCUT2D eigenvalue weighted by molar-refractivity contribution is 0.0908. The Hall–Kier alpha value is -1.15. The molecule has 148 valence electrons. The zero-order valence-corrected chi connectivity index (χ0v) is 17.0. The molecule has 8 heteroatoms. The molecule has 0 heterocycles. The lowest BCUT2D eigenvalue weighted by atomic mass is 9.84. The molecule has 1 fully saturated rings.